The summed E-state index contributed by atoms with van der Waals surface area (Å²) in [5.74, 6) is -1.29. The van der Waals surface area contributed by atoms with E-state index in [1.54, 1.807) is 19.0 Å². The second-order valence-corrected chi connectivity index (χ2v) is 5.60. The molecule has 0 aliphatic carbocycles. The highest BCUT2D eigenvalue weighted by atomic mass is 16.2. The Bertz CT molecular complexity index is 453. The maximum absolute atomic E-state index is 12.3. The number of urea groups is 1. The van der Waals surface area contributed by atoms with Crippen molar-refractivity contribution in [1.29, 1.82) is 0 Å². The lowest BCUT2D eigenvalue weighted by atomic mass is 9.95. The smallest absolute Gasteiger partial charge is 0.319 e. The number of hydrogen-bond donors (Lipinski definition) is 1. The predicted molar refractivity (Wildman–Crippen MR) is 73.1 cm³/mol. The Balaban J connectivity index is 1.90. The highest BCUT2D eigenvalue weighted by Crippen LogP contribution is 2.20. The summed E-state index contributed by atoms with van der Waals surface area (Å²) in [6, 6.07) is -0.0616. The van der Waals surface area contributed by atoms with Crippen LogP contribution in [0.1, 0.15) is 12.8 Å². The van der Waals surface area contributed by atoms with Crippen molar-refractivity contribution in [2.75, 3.05) is 40.3 Å². The first-order valence-electron chi connectivity index (χ1n) is 6.96. The number of piperidine rings is 1. The minimum absolute atomic E-state index is 0.0616. The van der Waals surface area contributed by atoms with E-state index < -0.39 is 11.8 Å². The number of piperazine rings is 1. The van der Waals surface area contributed by atoms with E-state index in [9.17, 15) is 19.2 Å². The molecule has 2 aliphatic rings. The van der Waals surface area contributed by atoms with Crippen LogP contribution in [0.25, 0.3) is 0 Å². The van der Waals surface area contributed by atoms with E-state index in [4.69, 9.17) is 0 Å². The van der Waals surface area contributed by atoms with Crippen LogP contribution in [0.5, 0.6) is 0 Å². The van der Waals surface area contributed by atoms with Gasteiger partial charge in [-0.15, -0.1) is 0 Å². The van der Waals surface area contributed by atoms with E-state index in [0.29, 0.717) is 25.9 Å². The molecule has 0 aromatic rings. The molecule has 0 unspecified atom stereocenters. The van der Waals surface area contributed by atoms with E-state index >= 15 is 0 Å². The van der Waals surface area contributed by atoms with Gasteiger partial charge in [-0.25, -0.2) is 4.79 Å². The van der Waals surface area contributed by atoms with Crippen molar-refractivity contribution in [2.24, 2.45) is 5.92 Å². The fourth-order valence-corrected chi connectivity index (χ4v) is 2.65. The summed E-state index contributed by atoms with van der Waals surface area (Å²) >= 11 is 0. The largest absolute Gasteiger partial charge is 0.331 e. The second kappa shape index (κ2) is 6.11. The average Bonchev–Trinajstić information content (AvgIpc) is 2.44. The van der Waals surface area contributed by atoms with Crippen molar-refractivity contribution in [1.82, 2.24) is 20.0 Å². The number of likely N-dealkylation sites (tertiary alicyclic amines) is 1. The third kappa shape index (κ3) is 3.50. The van der Waals surface area contributed by atoms with Crippen molar-refractivity contribution in [2.45, 2.75) is 12.8 Å². The first kappa shape index (κ1) is 15.3. The molecular formula is C13H20N4O4. The number of amides is 5. The molecule has 8 nitrogen and oxygen atoms in total. The summed E-state index contributed by atoms with van der Waals surface area (Å²) in [7, 11) is 3.38. The maximum Gasteiger partial charge on any atom is 0.319 e. The van der Waals surface area contributed by atoms with Crippen LogP contribution in [0.3, 0.4) is 0 Å². The molecule has 2 heterocycles. The highest BCUT2D eigenvalue weighted by Gasteiger charge is 2.34. The van der Waals surface area contributed by atoms with Crippen molar-refractivity contribution in [3.05, 3.63) is 0 Å². The van der Waals surface area contributed by atoms with Crippen LogP contribution in [-0.2, 0) is 14.4 Å². The van der Waals surface area contributed by atoms with Crippen LogP contribution in [0.4, 0.5) is 4.79 Å². The molecule has 2 aliphatic heterocycles. The first-order chi connectivity index (χ1) is 9.88. The quantitative estimate of drug-likeness (QED) is 0.620. The molecule has 8 heteroatoms. The summed E-state index contributed by atoms with van der Waals surface area (Å²) in [5.41, 5.74) is 0. The van der Waals surface area contributed by atoms with Gasteiger partial charge in [0.25, 0.3) is 0 Å². The van der Waals surface area contributed by atoms with Crippen LogP contribution in [0, 0.1) is 5.92 Å². The number of carbonyl (C=O) groups excluding carboxylic acids is 4. The zero-order valence-corrected chi connectivity index (χ0v) is 12.3. The molecule has 0 radical (unpaired) electrons. The van der Waals surface area contributed by atoms with Crippen molar-refractivity contribution in [3.8, 4) is 0 Å². The average molecular weight is 296 g/mol. The Morgan fingerprint density at radius 2 is 1.57 bits per heavy atom. The van der Waals surface area contributed by atoms with Crippen molar-refractivity contribution < 1.29 is 19.2 Å². The van der Waals surface area contributed by atoms with Gasteiger partial charge in [-0.1, -0.05) is 0 Å². The van der Waals surface area contributed by atoms with Gasteiger partial charge in [0, 0.05) is 33.1 Å². The van der Waals surface area contributed by atoms with Gasteiger partial charge in [0.2, 0.25) is 17.7 Å². The Morgan fingerprint density at radius 3 is 2.05 bits per heavy atom. The zero-order valence-electron chi connectivity index (χ0n) is 12.3. The van der Waals surface area contributed by atoms with Gasteiger partial charge in [0.15, 0.2) is 0 Å². The number of nitrogens with one attached hydrogen (secondary N) is 1. The number of carbonyl (C=O) groups is 4. The molecule has 21 heavy (non-hydrogen) atoms. The van der Waals surface area contributed by atoms with Crippen LogP contribution < -0.4 is 5.32 Å². The molecule has 116 valence electrons. The summed E-state index contributed by atoms with van der Waals surface area (Å²) in [4.78, 5) is 51.3. The van der Waals surface area contributed by atoms with Gasteiger partial charge in [-0.3, -0.25) is 19.7 Å². The van der Waals surface area contributed by atoms with Crippen molar-refractivity contribution >= 4 is 23.8 Å². The van der Waals surface area contributed by atoms with Gasteiger partial charge in [-0.2, -0.15) is 0 Å². The Hall–Kier alpha value is -2.12. The minimum atomic E-state index is -0.445. The first-order valence-corrected chi connectivity index (χ1v) is 6.96. The molecule has 0 spiro atoms. The van der Waals surface area contributed by atoms with E-state index in [0.717, 1.165) is 0 Å². The number of hydrogen-bond acceptors (Lipinski definition) is 4. The zero-order chi connectivity index (χ0) is 15.6. The fourth-order valence-electron chi connectivity index (χ4n) is 2.65. The van der Waals surface area contributed by atoms with E-state index in [1.165, 1.54) is 9.80 Å². The van der Waals surface area contributed by atoms with Gasteiger partial charge in [0.05, 0.1) is 0 Å². The molecule has 2 saturated heterocycles. The van der Waals surface area contributed by atoms with Crippen LogP contribution in [0.2, 0.25) is 0 Å². The third-order valence-corrected chi connectivity index (χ3v) is 3.76. The second-order valence-electron chi connectivity index (χ2n) is 5.60. The molecule has 0 bridgehead atoms. The lowest BCUT2D eigenvalue weighted by molar-refractivity contribution is -0.148. The molecule has 2 fully saturated rings. The number of nitrogens with zero attached hydrogens (tertiary/aromatic N) is 3. The molecule has 0 aromatic heterocycles. The normalized spacial score (nSPS) is 20.3. The Kier molecular flexibility index (Phi) is 4.44. The van der Waals surface area contributed by atoms with Gasteiger partial charge < -0.3 is 14.7 Å². The van der Waals surface area contributed by atoms with Gasteiger partial charge >= 0.3 is 6.03 Å². The highest BCUT2D eigenvalue weighted by molar-refractivity contribution is 6.02. The molecular weight excluding hydrogens is 276 g/mol. The molecule has 2 rings (SSSR count). The van der Waals surface area contributed by atoms with E-state index in [1.807, 2.05) is 0 Å². The standard InChI is InChI=1S/C13H20N4O4/c1-15(2)13(21)16-5-3-9(4-6-16)12(20)17-7-10(18)14-11(19)8-17/h9H,3-8H2,1-2H3,(H,14,18,19). The SMILES string of the molecule is CN(C)C(=O)N1CCC(C(=O)N2CC(=O)NC(=O)C2)CC1. The number of imide groups is 1. The monoisotopic (exact) mass is 296 g/mol. The Morgan fingerprint density at radius 1 is 1.05 bits per heavy atom. The third-order valence-electron chi connectivity index (χ3n) is 3.76. The lowest BCUT2D eigenvalue weighted by Crippen LogP contribution is -2.55. The van der Waals surface area contributed by atoms with Crippen molar-refractivity contribution in [3.63, 3.8) is 0 Å². The maximum atomic E-state index is 12.3. The fraction of sp³-hybridized carbons (Fsp3) is 0.692. The minimum Gasteiger partial charge on any atom is -0.331 e. The van der Waals surface area contributed by atoms with Gasteiger partial charge in [-0.05, 0) is 12.8 Å². The van der Waals surface area contributed by atoms with E-state index in [-0.39, 0.29) is 30.9 Å². The summed E-state index contributed by atoms with van der Waals surface area (Å²) < 4.78 is 0. The molecule has 0 aromatic carbocycles. The molecule has 0 saturated carbocycles. The molecule has 1 N–H and O–H groups in total. The van der Waals surface area contributed by atoms with Crippen LogP contribution >= 0.6 is 0 Å². The predicted octanol–water partition coefficient (Wildman–Crippen LogP) is -1.13. The molecule has 5 amide bonds. The van der Waals surface area contributed by atoms with Crippen LogP contribution in [0.15, 0.2) is 0 Å². The lowest BCUT2D eigenvalue weighted by Gasteiger charge is -2.35. The summed E-state index contributed by atoms with van der Waals surface area (Å²) in [6.45, 7) is 0.894. The topological polar surface area (TPSA) is 90.0 Å². The van der Waals surface area contributed by atoms with E-state index in [2.05, 4.69) is 5.32 Å². The number of rotatable bonds is 1. The van der Waals surface area contributed by atoms with Crippen LogP contribution in [-0.4, -0.2) is 78.7 Å². The van der Waals surface area contributed by atoms with Gasteiger partial charge in [0.1, 0.15) is 13.1 Å². The summed E-state index contributed by atoms with van der Waals surface area (Å²) in [5, 5.41) is 2.17. The summed E-state index contributed by atoms with van der Waals surface area (Å²) in [6.07, 6.45) is 1.12. The Labute approximate surface area is 123 Å². The molecule has 0 atom stereocenters.